The van der Waals surface area contributed by atoms with E-state index in [2.05, 4.69) is 15.9 Å². The van der Waals surface area contributed by atoms with E-state index in [1.807, 2.05) is 0 Å². The third-order valence-electron chi connectivity index (χ3n) is 1.90. The number of rotatable bonds is 1. The van der Waals surface area contributed by atoms with Crippen LogP contribution in [0.4, 0.5) is 14.5 Å². The van der Waals surface area contributed by atoms with Gasteiger partial charge in [-0.2, -0.15) is 0 Å². The molecule has 0 fully saturated rings. The Bertz CT molecular complexity index is 442. The van der Waals surface area contributed by atoms with E-state index >= 15 is 0 Å². The molecule has 2 rings (SSSR count). The minimum absolute atomic E-state index is 0.0543. The van der Waals surface area contributed by atoms with Crippen LogP contribution in [0, 0.1) is 0 Å². The fourth-order valence-electron chi connectivity index (χ4n) is 1.24. The van der Waals surface area contributed by atoms with Gasteiger partial charge in [-0.3, -0.25) is 0 Å². The lowest BCUT2D eigenvalue weighted by Gasteiger charge is -1.96. The average Bonchev–Trinajstić information content (AvgIpc) is 2.57. The van der Waals surface area contributed by atoms with Crippen molar-refractivity contribution in [1.29, 1.82) is 0 Å². The number of anilines is 1. The van der Waals surface area contributed by atoms with Crippen molar-refractivity contribution in [2.75, 3.05) is 5.73 Å². The average molecular weight is 278 g/mol. The summed E-state index contributed by atoms with van der Waals surface area (Å²) in [6, 6.07) is 4.92. The summed E-state index contributed by atoms with van der Waals surface area (Å²) in [5.74, 6) is 0. The number of benzene rings is 1. The van der Waals surface area contributed by atoms with Gasteiger partial charge in [0.2, 0.25) is 0 Å². The number of nitrogens with two attached hydrogens (primary N) is 1. The number of fused-ring (bicyclic) bond motifs is 1. The highest BCUT2D eigenvalue weighted by Crippen LogP contribution is 2.38. The van der Waals surface area contributed by atoms with Crippen LogP contribution in [0.5, 0.6) is 0 Å². The molecule has 1 aromatic carbocycles. The molecule has 74 valence electrons. The molecule has 0 unspecified atom stereocenters. The first-order chi connectivity index (χ1) is 6.59. The van der Waals surface area contributed by atoms with E-state index in [1.54, 1.807) is 12.1 Å². The minimum atomic E-state index is -2.43. The summed E-state index contributed by atoms with van der Waals surface area (Å²) < 4.78 is 26.4. The number of hydrogen-bond acceptors (Lipinski definition) is 2. The van der Waals surface area contributed by atoms with Crippen molar-refractivity contribution in [2.45, 2.75) is 6.43 Å². The van der Waals surface area contributed by atoms with Crippen LogP contribution in [0.3, 0.4) is 0 Å². The zero-order chi connectivity index (χ0) is 10.3. The summed E-state index contributed by atoms with van der Waals surface area (Å²) in [6.45, 7) is 0. The summed E-state index contributed by atoms with van der Waals surface area (Å²) in [4.78, 5) is 0.0543. The van der Waals surface area contributed by atoms with Crippen molar-refractivity contribution in [3.05, 3.63) is 27.5 Å². The highest BCUT2D eigenvalue weighted by molar-refractivity contribution is 9.10. The molecule has 2 N–H and O–H groups in total. The van der Waals surface area contributed by atoms with Crippen molar-refractivity contribution < 1.29 is 8.78 Å². The molecular formula is C9H6BrF2NS. The summed E-state index contributed by atoms with van der Waals surface area (Å²) in [7, 11) is 0. The van der Waals surface area contributed by atoms with E-state index in [9.17, 15) is 8.78 Å². The van der Waals surface area contributed by atoms with Gasteiger partial charge in [0.05, 0.1) is 9.58 Å². The number of thiophene rings is 1. The van der Waals surface area contributed by atoms with Gasteiger partial charge in [0.25, 0.3) is 6.43 Å². The first kappa shape index (κ1) is 9.86. The Morgan fingerprint density at radius 2 is 2.07 bits per heavy atom. The second-order valence-corrected chi connectivity index (χ2v) is 4.77. The molecule has 0 aliphatic rings. The summed E-state index contributed by atoms with van der Waals surface area (Å²) in [6.07, 6.45) is -2.43. The standard InChI is InChI=1S/C9H6BrF2NS/c10-5-1-2-6(13)4-3-7(9(11)12)14-8(4)5/h1-3,9H,13H2. The van der Waals surface area contributed by atoms with E-state index in [0.29, 0.717) is 11.1 Å². The molecule has 0 aliphatic heterocycles. The number of halogens is 3. The molecule has 0 aliphatic carbocycles. The first-order valence-corrected chi connectivity index (χ1v) is 5.46. The van der Waals surface area contributed by atoms with E-state index in [1.165, 1.54) is 6.07 Å². The number of alkyl halides is 2. The van der Waals surface area contributed by atoms with Crippen LogP contribution in [0.15, 0.2) is 22.7 Å². The molecule has 1 aromatic heterocycles. The van der Waals surface area contributed by atoms with Gasteiger partial charge < -0.3 is 5.73 Å². The monoisotopic (exact) mass is 277 g/mol. The number of hydrogen-bond donors (Lipinski definition) is 1. The normalized spacial score (nSPS) is 11.4. The Kier molecular flexibility index (Phi) is 2.45. The van der Waals surface area contributed by atoms with Crippen molar-refractivity contribution in [1.82, 2.24) is 0 Å². The highest BCUT2D eigenvalue weighted by Gasteiger charge is 2.14. The lowest BCUT2D eigenvalue weighted by atomic mass is 10.2. The van der Waals surface area contributed by atoms with Crippen molar-refractivity contribution in [3.63, 3.8) is 0 Å². The molecular weight excluding hydrogens is 272 g/mol. The zero-order valence-electron chi connectivity index (χ0n) is 6.93. The molecule has 0 radical (unpaired) electrons. The minimum Gasteiger partial charge on any atom is -0.398 e. The summed E-state index contributed by atoms with van der Waals surface area (Å²) in [5.41, 5.74) is 6.21. The second-order valence-electron chi connectivity index (χ2n) is 2.83. The van der Waals surface area contributed by atoms with Crippen LogP contribution in [-0.4, -0.2) is 0 Å². The van der Waals surface area contributed by atoms with Gasteiger partial charge in [-0.15, -0.1) is 11.3 Å². The van der Waals surface area contributed by atoms with Crippen LogP contribution in [0.2, 0.25) is 0 Å². The molecule has 1 nitrogen and oxygen atoms in total. The molecule has 0 saturated heterocycles. The Morgan fingerprint density at radius 1 is 1.36 bits per heavy atom. The molecule has 1 heterocycles. The zero-order valence-corrected chi connectivity index (χ0v) is 9.33. The fourth-order valence-corrected chi connectivity index (χ4v) is 2.78. The van der Waals surface area contributed by atoms with Gasteiger partial charge in [-0.05, 0) is 34.1 Å². The van der Waals surface area contributed by atoms with Gasteiger partial charge in [-0.1, -0.05) is 0 Å². The van der Waals surface area contributed by atoms with E-state index in [-0.39, 0.29) is 4.88 Å². The van der Waals surface area contributed by atoms with Gasteiger partial charge in [0, 0.05) is 15.5 Å². The molecule has 0 saturated carbocycles. The van der Waals surface area contributed by atoms with Gasteiger partial charge in [0.1, 0.15) is 0 Å². The second kappa shape index (κ2) is 3.47. The molecule has 0 bridgehead atoms. The molecule has 0 spiro atoms. The smallest absolute Gasteiger partial charge is 0.272 e. The van der Waals surface area contributed by atoms with E-state index in [0.717, 1.165) is 20.5 Å². The maximum absolute atomic E-state index is 12.4. The van der Waals surface area contributed by atoms with Crippen molar-refractivity contribution in [3.8, 4) is 0 Å². The maximum Gasteiger partial charge on any atom is 0.272 e. The molecule has 0 amide bonds. The van der Waals surface area contributed by atoms with Gasteiger partial charge in [-0.25, -0.2) is 8.78 Å². The SMILES string of the molecule is Nc1ccc(Br)c2sc(C(F)F)cc12. The third kappa shape index (κ3) is 1.50. The predicted octanol–water partition coefficient (Wildman–Crippen LogP) is 4.18. The first-order valence-electron chi connectivity index (χ1n) is 3.85. The largest absolute Gasteiger partial charge is 0.398 e. The van der Waals surface area contributed by atoms with Crippen molar-refractivity contribution >= 4 is 43.0 Å². The topological polar surface area (TPSA) is 26.0 Å². The molecule has 2 aromatic rings. The fraction of sp³-hybridized carbons (Fsp3) is 0.111. The van der Waals surface area contributed by atoms with Gasteiger partial charge >= 0.3 is 0 Å². The molecule has 5 heteroatoms. The molecule has 0 atom stereocenters. The van der Waals surface area contributed by atoms with Crippen LogP contribution in [0.1, 0.15) is 11.3 Å². The lowest BCUT2D eigenvalue weighted by Crippen LogP contribution is -1.83. The molecule has 14 heavy (non-hydrogen) atoms. The highest BCUT2D eigenvalue weighted by atomic mass is 79.9. The number of nitrogen functional groups attached to an aromatic ring is 1. The van der Waals surface area contributed by atoms with Crippen LogP contribution < -0.4 is 5.73 Å². The Labute approximate surface area is 91.7 Å². The van der Waals surface area contributed by atoms with E-state index < -0.39 is 6.43 Å². The summed E-state index contributed by atoms with van der Waals surface area (Å²) in [5, 5.41) is 0.694. The van der Waals surface area contributed by atoms with Gasteiger partial charge in [0.15, 0.2) is 0 Å². The lowest BCUT2D eigenvalue weighted by molar-refractivity contribution is 0.156. The van der Waals surface area contributed by atoms with Crippen LogP contribution in [0.25, 0.3) is 10.1 Å². The van der Waals surface area contributed by atoms with E-state index in [4.69, 9.17) is 5.73 Å². The Morgan fingerprint density at radius 3 is 2.64 bits per heavy atom. The Balaban J connectivity index is 2.75. The quantitative estimate of drug-likeness (QED) is 0.778. The third-order valence-corrected chi connectivity index (χ3v) is 4.00. The van der Waals surface area contributed by atoms with Crippen LogP contribution >= 0.6 is 27.3 Å². The predicted molar refractivity (Wildman–Crippen MR) is 58.9 cm³/mol. The maximum atomic E-state index is 12.4. The Hall–Kier alpha value is -0.680. The summed E-state index contributed by atoms with van der Waals surface area (Å²) >= 11 is 4.37. The van der Waals surface area contributed by atoms with Crippen molar-refractivity contribution in [2.24, 2.45) is 0 Å². The van der Waals surface area contributed by atoms with Crippen LogP contribution in [-0.2, 0) is 0 Å².